The minimum atomic E-state index is -2.40. The molecule has 154 valence electrons. The van der Waals surface area contributed by atoms with E-state index < -0.39 is 9.73 Å². The molecule has 5 rings (SSSR count). The van der Waals surface area contributed by atoms with Crippen LogP contribution in [0.25, 0.3) is 22.2 Å². The molecule has 0 spiro atoms. The summed E-state index contributed by atoms with van der Waals surface area (Å²) in [4.78, 5) is 17.6. The van der Waals surface area contributed by atoms with Crippen LogP contribution in [0.5, 0.6) is 0 Å². The Morgan fingerprint density at radius 3 is 2.69 bits per heavy atom. The molecule has 11 heteroatoms. The van der Waals surface area contributed by atoms with Gasteiger partial charge in [-0.1, -0.05) is 0 Å². The Morgan fingerprint density at radius 1 is 1.17 bits per heavy atom. The van der Waals surface area contributed by atoms with Gasteiger partial charge in [-0.15, -0.1) is 0 Å². The van der Waals surface area contributed by atoms with E-state index in [0.717, 1.165) is 10.9 Å². The van der Waals surface area contributed by atoms with Gasteiger partial charge in [0, 0.05) is 60.2 Å². The minimum Gasteiger partial charge on any atom is -0.432 e. The van der Waals surface area contributed by atoms with Crippen LogP contribution in [-0.2, 0) is 21.0 Å². The fourth-order valence-electron chi connectivity index (χ4n) is 3.79. The molecule has 0 bridgehead atoms. The number of fused-ring (bicyclic) bond motifs is 3. The quantitative estimate of drug-likeness (QED) is 0.622. The Morgan fingerprint density at radius 2 is 1.93 bits per heavy atom. The molecule has 5 heterocycles. The topological polar surface area (TPSA) is 108 Å². The molecule has 2 fully saturated rings. The van der Waals surface area contributed by atoms with Crippen molar-refractivity contribution in [1.82, 2.24) is 19.9 Å². The van der Waals surface area contributed by atoms with E-state index in [0.29, 0.717) is 80.1 Å². The number of pyridine rings is 1. The van der Waals surface area contributed by atoms with Gasteiger partial charge in [0.2, 0.25) is 11.0 Å². The van der Waals surface area contributed by atoms with Gasteiger partial charge in [0.25, 0.3) is 0 Å². The van der Waals surface area contributed by atoms with Crippen molar-refractivity contribution in [3.8, 4) is 0 Å². The fourth-order valence-corrected chi connectivity index (χ4v) is 5.27. The summed E-state index contributed by atoms with van der Waals surface area (Å²) in [6.45, 7) is 4.68. The molecule has 3 aromatic heterocycles. The van der Waals surface area contributed by atoms with Crippen molar-refractivity contribution < 1.29 is 13.4 Å². The molecular formula is C18H21ClN6O3S. The molecule has 0 aromatic carbocycles. The van der Waals surface area contributed by atoms with Crippen molar-refractivity contribution in [2.45, 2.75) is 6.54 Å². The lowest BCUT2D eigenvalue weighted by Gasteiger charge is -2.27. The van der Waals surface area contributed by atoms with Gasteiger partial charge >= 0.3 is 0 Å². The van der Waals surface area contributed by atoms with Crippen molar-refractivity contribution in [2.24, 2.45) is 0 Å². The summed E-state index contributed by atoms with van der Waals surface area (Å²) >= 11 is 6.23. The van der Waals surface area contributed by atoms with Crippen LogP contribution in [0.15, 0.2) is 16.7 Å². The number of rotatable bonds is 3. The molecular weight excluding hydrogens is 416 g/mol. The number of hydrogen-bond donors (Lipinski definition) is 1. The first kappa shape index (κ1) is 19.0. The number of hydrogen-bond acceptors (Lipinski definition) is 9. The number of halogens is 1. The van der Waals surface area contributed by atoms with Crippen LogP contribution >= 0.6 is 11.6 Å². The van der Waals surface area contributed by atoms with E-state index >= 15 is 0 Å². The highest BCUT2D eigenvalue weighted by molar-refractivity contribution is 7.92. The van der Waals surface area contributed by atoms with Gasteiger partial charge < -0.3 is 14.1 Å². The van der Waals surface area contributed by atoms with Crippen molar-refractivity contribution in [2.75, 3.05) is 55.8 Å². The van der Waals surface area contributed by atoms with E-state index in [1.54, 1.807) is 6.20 Å². The van der Waals surface area contributed by atoms with Gasteiger partial charge in [-0.25, -0.2) is 14.2 Å². The van der Waals surface area contributed by atoms with Crippen molar-refractivity contribution >= 4 is 49.3 Å². The fraction of sp³-hybridized carbons (Fsp3) is 0.500. The molecule has 0 atom stereocenters. The summed E-state index contributed by atoms with van der Waals surface area (Å²) in [6, 6.07) is 2.02. The van der Waals surface area contributed by atoms with Gasteiger partial charge in [-0.2, -0.15) is 4.98 Å². The highest BCUT2D eigenvalue weighted by atomic mass is 35.5. The van der Waals surface area contributed by atoms with Crippen LogP contribution < -0.4 is 4.90 Å². The van der Waals surface area contributed by atoms with Crippen LogP contribution in [0.4, 0.5) is 5.82 Å². The summed E-state index contributed by atoms with van der Waals surface area (Å²) in [5, 5.41) is 0.978. The van der Waals surface area contributed by atoms with Gasteiger partial charge in [-0.05, 0) is 23.2 Å². The van der Waals surface area contributed by atoms with Crippen molar-refractivity contribution in [3.63, 3.8) is 0 Å². The second-order valence-corrected chi connectivity index (χ2v) is 10.2. The lowest BCUT2D eigenvalue weighted by molar-refractivity contribution is 0.122. The maximum atomic E-state index is 11.9. The third-order valence-electron chi connectivity index (χ3n) is 5.37. The Kier molecular flexibility index (Phi) is 4.81. The van der Waals surface area contributed by atoms with E-state index in [1.807, 2.05) is 6.07 Å². The predicted molar refractivity (Wildman–Crippen MR) is 111 cm³/mol. The average Bonchev–Trinajstić information content (AvgIpc) is 3.07. The Balaban J connectivity index is 1.50. The van der Waals surface area contributed by atoms with E-state index in [1.165, 1.54) is 0 Å². The number of aromatic nitrogens is 3. The zero-order chi connectivity index (χ0) is 20.0. The van der Waals surface area contributed by atoms with Crippen molar-refractivity contribution in [1.29, 1.82) is 4.78 Å². The van der Waals surface area contributed by atoms with E-state index in [4.69, 9.17) is 25.5 Å². The summed E-state index contributed by atoms with van der Waals surface area (Å²) < 4.78 is 31.0. The summed E-state index contributed by atoms with van der Waals surface area (Å²) in [5.41, 5.74) is 2.76. The van der Waals surface area contributed by atoms with E-state index in [9.17, 15) is 4.21 Å². The van der Waals surface area contributed by atoms with Gasteiger partial charge in [-0.3, -0.25) is 9.68 Å². The molecule has 0 radical (unpaired) electrons. The minimum absolute atomic E-state index is 0.174. The zero-order valence-corrected chi connectivity index (χ0v) is 17.3. The standard InChI is InChI=1S/C18H21ClN6O3S/c19-18-22-14-13-9-12(11-24-3-7-29(20,26)8-4-24)10-21-17(13)28-15(14)16(23-18)25-1-5-27-6-2-25/h9-10,20H,1-8,11H2. The molecule has 2 aliphatic rings. The maximum Gasteiger partial charge on any atom is 0.229 e. The lowest BCUT2D eigenvalue weighted by Crippen LogP contribution is -2.39. The largest absolute Gasteiger partial charge is 0.432 e. The lowest BCUT2D eigenvalue weighted by atomic mass is 10.2. The summed E-state index contributed by atoms with van der Waals surface area (Å²) in [6.07, 6.45) is 1.79. The first-order valence-electron chi connectivity index (χ1n) is 9.52. The molecule has 0 unspecified atom stereocenters. The van der Waals surface area contributed by atoms with Gasteiger partial charge in [0.1, 0.15) is 5.52 Å². The summed E-state index contributed by atoms with van der Waals surface area (Å²) in [7, 11) is -2.40. The molecule has 2 saturated heterocycles. The van der Waals surface area contributed by atoms with Crippen LogP contribution in [0.3, 0.4) is 0 Å². The highest BCUT2D eigenvalue weighted by Gasteiger charge is 2.23. The molecule has 29 heavy (non-hydrogen) atoms. The SMILES string of the molecule is N=S1(=O)CCN(Cc2cnc3oc4c(N5CCOCC5)nc(Cl)nc4c3c2)CC1. The monoisotopic (exact) mass is 436 g/mol. The number of morpholine rings is 1. The van der Waals surface area contributed by atoms with E-state index in [-0.39, 0.29) is 5.28 Å². The third-order valence-corrected chi connectivity index (χ3v) is 7.23. The molecule has 0 aliphatic carbocycles. The normalized spacial score (nSPS) is 20.5. The van der Waals surface area contributed by atoms with Gasteiger partial charge in [0.15, 0.2) is 11.4 Å². The van der Waals surface area contributed by atoms with Crippen LogP contribution in [0, 0.1) is 4.78 Å². The third kappa shape index (κ3) is 3.77. The van der Waals surface area contributed by atoms with Crippen LogP contribution in [-0.4, -0.2) is 75.0 Å². The first-order valence-corrected chi connectivity index (χ1v) is 11.8. The van der Waals surface area contributed by atoms with Crippen LogP contribution in [0.1, 0.15) is 5.56 Å². The average molecular weight is 437 g/mol. The highest BCUT2D eigenvalue weighted by Crippen LogP contribution is 2.33. The Hall–Kier alpha value is -2.01. The van der Waals surface area contributed by atoms with Gasteiger partial charge in [0.05, 0.1) is 18.6 Å². The molecule has 1 N–H and O–H groups in total. The second-order valence-electron chi connectivity index (χ2n) is 7.39. The van der Waals surface area contributed by atoms with Crippen molar-refractivity contribution in [3.05, 3.63) is 23.1 Å². The molecule has 2 aliphatic heterocycles. The Bertz CT molecular complexity index is 1160. The smallest absolute Gasteiger partial charge is 0.229 e. The molecule has 0 amide bonds. The van der Waals surface area contributed by atoms with Crippen LogP contribution in [0.2, 0.25) is 5.28 Å². The number of anilines is 1. The number of ether oxygens (including phenoxy) is 1. The van der Waals surface area contributed by atoms with E-state index in [2.05, 4.69) is 24.8 Å². The molecule has 9 nitrogen and oxygen atoms in total. The summed E-state index contributed by atoms with van der Waals surface area (Å²) in [5.74, 6) is 1.51. The maximum absolute atomic E-state index is 11.9. The predicted octanol–water partition coefficient (Wildman–Crippen LogP) is 2.12. The first-order chi connectivity index (χ1) is 14.0. The molecule has 0 saturated carbocycles. The zero-order valence-electron chi connectivity index (χ0n) is 15.8. The number of furan rings is 1. The Labute approximate surface area is 173 Å². The number of nitrogens with one attached hydrogen (secondary N) is 1. The second kappa shape index (κ2) is 7.35. The number of nitrogens with zero attached hydrogens (tertiary/aromatic N) is 5. The molecule has 3 aromatic rings.